The molecule has 1 spiro atoms. The Morgan fingerprint density at radius 1 is 1.26 bits per heavy atom. The second-order valence-corrected chi connectivity index (χ2v) is 7.85. The summed E-state index contributed by atoms with van der Waals surface area (Å²) < 4.78 is 11.5. The van der Waals surface area contributed by atoms with Gasteiger partial charge in [0, 0.05) is 38.8 Å². The number of amides is 1. The van der Waals surface area contributed by atoms with E-state index >= 15 is 0 Å². The van der Waals surface area contributed by atoms with Gasteiger partial charge in [-0.25, -0.2) is 4.98 Å². The van der Waals surface area contributed by atoms with Crippen LogP contribution in [0.25, 0.3) is 10.9 Å². The number of fused-ring (bicyclic) bond motifs is 1. The fraction of sp³-hybridized carbons (Fsp3) is 0.545. The van der Waals surface area contributed by atoms with Crippen LogP contribution in [0.1, 0.15) is 42.6 Å². The minimum absolute atomic E-state index is 0.0299. The minimum atomic E-state index is -0.0513. The summed E-state index contributed by atoms with van der Waals surface area (Å²) >= 11 is 0. The van der Waals surface area contributed by atoms with Crippen LogP contribution < -0.4 is 0 Å². The van der Waals surface area contributed by atoms with E-state index in [1.165, 1.54) is 0 Å². The number of ether oxygens (including phenoxy) is 2. The molecule has 5 heteroatoms. The molecular formula is C22H28N2O3. The third-order valence-electron chi connectivity index (χ3n) is 6.10. The first kappa shape index (κ1) is 18.4. The lowest BCUT2D eigenvalue weighted by atomic mass is 9.78. The van der Waals surface area contributed by atoms with Crippen molar-refractivity contribution in [1.29, 1.82) is 0 Å². The molecule has 2 aromatic rings. The average molecular weight is 368 g/mol. The zero-order chi connectivity index (χ0) is 18.7. The molecule has 1 amide bonds. The quantitative estimate of drug-likeness (QED) is 0.826. The van der Waals surface area contributed by atoms with E-state index in [1.54, 1.807) is 7.11 Å². The monoisotopic (exact) mass is 368 g/mol. The normalized spacial score (nSPS) is 22.3. The van der Waals surface area contributed by atoms with E-state index in [0.29, 0.717) is 11.6 Å². The molecule has 1 atom stereocenters. The van der Waals surface area contributed by atoms with Crippen molar-refractivity contribution in [2.24, 2.45) is 5.92 Å². The van der Waals surface area contributed by atoms with Crippen molar-refractivity contribution in [3.63, 3.8) is 0 Å². The van der Waals surface area contributed by atoms with Gasteiger partial charge in [-0.3, -0.25) is 4.79 Å². The van der Waals surface area contributed by atoms with E-state index in [4.69, 9.17) is 9.47 Å². The Labute approximate surface area is 160 Å². The van der Waals surface area contributed by atoms with Gasteiger partial charge < -0.3 is 14.4 Å². The molecule has 27 heavy (non-hydrogen) atoms. The minimum Gasteiger partial charge on any atom is -0.385 e. The van der Waals surface area contributed by atoms with Crippen molar-refractivity contribution in [3.05, 3.63) is 42.1 Å². The predicted molar refractivity (Wildman–Crippen MR) is 105 cm³/mol. The molecule has 1 aromatic carbocycles. The molecular weight excluding hydrogens is 340 g/mol. The number of piperidine rings is 1. The first-order valence-electron chi connectivity index (χ1n) is 9.97. The van der Waals surface area contributed by atoms with Crippen LogP contribution in [-0.2, 0) is 9.47 Å². The SMILES string of the molecule is COCCC1CCOC2(CCN(C(=O)c3ccc4ccccc4n3)CC2)C1. The Morgan fingerprint density at radius 2 is 2.07 bits per heavy atom. The van der Waals surface area contributed by atoms with Gasteiger partial charge in [-0.1, -0.05) is 24.3 Å². The molecule has 5 nitrogen and oxygen atoms in total. The number of carbonyl (C=O) groups is 1. The number of hydrogen-bond donors (Lipinski definition) is 0. The largest absolute Gasteiger partial charge is 0.385 e. The Balaban J connectivity index is 1.40. The molecule has 0 aliphatic carbocycles. The van der Waals surface area contributed by atoms with E-state index in [9.17, 15) is 4.79 Å². The van der Waals surface area contributed by atoms with Crippen LogP contribution >= 0.6 is 0 Å². The lowest BCUT2D eigenvalue weighted by Crippen LogP contribution is -2.51. The van der Waals surface area contributed by atoms with Crippen molar-refractivity contribution >= 4 is 16.8 Å². The highest BCUT2D eigenvalue weighted by molar-refractivity contribution is 5.95. The number of hydrogen-bond acceptors (Lipinski definition) is 4. The molecule has 0 bridgehead atoms. The van der Waals surface area contributed by atoms with Crippen LogP contribution in [0.4, 0.5) is 0 Å². The summed E-state index contributed by atoms with van der Waals surface area (Å²) in [6.45, 7) is 3.13. The van der Waals surface area contributed by atoms with Crippen molar-refractivity contribution in [1.82, 2.24) is 9.88 Å². The number of likely N-dealkylation sites (tertiary alicyclic amines) is 1. The summed E-state index contributed by atoms with van der Waals surface area (Å²) in [7, 11) is 1.76. The molecule has 0 N–H and O–H groups in total. The van der Waals surface area contributed by atoms with Crippen LogP contribution in [0.15, 0.2) is 36.4 Å². The maximum atomic E-state index is 12.9. The Bertz CT molecular complexity index is 799. The highest BCUT2D eigenvalue weighted by Gasteiger charge is 2.41. The Morgan fingerprint density at radius 3 is 2.89 bits per heavy atom. The molecule has 0 saturated carbocycles. The number of carbonyl (C=O) groups excluding carboxylic acids is 1. The second-order valence-electron chi connectivity index (χ2n) is 7.85. The molecule has 4 rings (SSSR count). The van der Waals surface area contributed by atoms with Crippen LogP contribution in [0.3, 0.4) is 0 Å². The number of pyridine rings is 1. The maximum Gasteiger partial charge on any atom is 0.272 e. The third-order valence-corrected chi connectivity index (χ3v) is 6.10. The van der Waals surface area contributed by atoms with Gasteiger partial charge in [0.1, 0.15) is 5.69 Å². The van der Waals surface area contributed by atoms with E-state index in [1.807, 2.05) is 41.3 Å². The summed E-state index contributed by atoms with van der Waals surface area (Å²) in [5, 5.41) is 1.06. The number of aromatic nitrogens is 1. The Kier molecular flexibility index (Phi) is 5.41. The van der Waals surface area contributed by atoms with E-state index in [-0.39, 0.29) is 11.5 Å². The van der Waals surface area contributed by atoms with Gasteiger partial charge in [0.05, 0.1) is 11.1 Å². The summed E-state index contributed by atoms with van der Waals surface area (Å²) in [5.74, 6) is 0.699. The van der Waals surface area contributed by atoms with Crippen molar-refractivity contribution in [2.75, 3.05) is 33.4 Å². The highest BCUT2D eigenvalue weighted by Crippen LogP contribution is 2.39. The Hall–Kier alpha value is -1.98. The van der Waals surface area contributed by atoms with Gasteiger partial charge in [-0.2, -0.15) is 0 Å². The summed E-state index contributed by atoms with van der Waals surface area (Å²) in [6, 6.07) is 11.7. The van der Waals surface area contributed by atoms with E-state index in [0.717, 1.165) is 69.3 Å². The fourth-order valence-corrected chi connectivity index (χ4v) is 4.47. The van der Waals surface area contributed by atoms with Crippen molar-refractivity contribution < 1.29 is 14.3 Å². The smallest absolute Gasteiger partial charge is 0.272 e. The lowest BCUT2D eigenvalue weighted by Gasteiger charge is -2.46. The van der Waals surface area contributed by atoms with Crippen LogP contribution in [-0.4, -0.2) is 54.8 Å². The molecule has 1 aromatic heterocycles. The number of benzene rings is 1. The van der Waals surface area contributed by atoms with Crippen LogP contribution in [0.2, 0.25) is 0 Å². The molecule has 2 fully saturated rings. The van der Waals surface area contributed by atoms with E-state index < -0.39 is 0 Å². The highest BCUT2D eigenvalue weighted by atomic mass is 16.5. The molecule has 0 radical (unpaired) electrons. The van der Waals surface area contributed by atoms with Gasteiger partial charge in [0.15, 0.2) is 0 Å². The number of para-hydroxylation sites is 1. The van der Waals surface area contributed by atoms with Gasteiger partial charge in [0.2, 0.25) is 0 Å². The zero-order valence-corrected chi connectivity index (χ0v) is 16.0. The summed E-state index contributed by atoms with van der Waals surface area (Å²) in [5.41, 5.74) is 1.35. The standard InChI is InChI=1S/C22H28N2O3/c1-26-14-8-17-9-15-27-22(16-17)10-12-24(13-11-22)21(25)20-7-6-18-4-2-3-5-19(18)23-20/h2-7,17H,8-16H2,1H3. The zero-order valence-electron chi connectivity index (χ0n) is 16.0. The average Bonchev–Trinajstić information content (AvgIpc) is 2.72. The first-order chi connectivity index (χ1) is 13.2. The molecule has 144 valence electrons. The summed E-state index contributed by atoms with van der Waals surface area (Å²) in [6.07, 6.45) is 5.14. The van der Waals surface area contributed by atoms with Crippen molar-refractivity contribution in [2.45, 2.75) is 37.7 Å². The van der Waals surface area contributed by atoms with Gasteiger partial charge in [0.25, 0.3) is 5.91 Å². The van der Waals surface area contributed by atoms with Crippen LogP contribution in [0.5, 0.6) is 0 Å². The summed E-state index contributed by atoms with van der Waals surface area (Å²) in [4.78, 5) is 19.4. The fourth-order valence-electron chi connectivity index (χ4n) is 4.47. The van der Waals surface area contributed by atoms with Gasteiger partial charge in [-0.05, 0) is 50.2 Å². The number of nitrogens with zero attached hydrogens (tertiary/aromatic N) is 2. The van der Waals surface area contributed by atoms with Crippen LogP contribution in [0, 0.1) is 5.92 Å². The number of methoxy groups -OCH3 is 1. The van der Waals surface area contributed by atoms with Gasteiger partial charge >= 0.3 is 0 Å². The maximum absolute atomic E-state index is 12.9. The second kappa shape index (κ2) is 7.95. The molecule has 2 saturated heterocycles. The van der Waals surface area contributed by atoms with Gasteiger partial charge in [-0.15, -0.1) is 0 Å². The topological polar surface area (TPSA) is 51.7 Å². The number of rotatable bonds is 4. The third kappa shape index (κ3) is 3.99. The first-order valence-corrected chi connectivity index (χ1v) is 9.97. The van der Waals surface area contributed by atoms with Crippen molar-refractivity contribution in [3.8, 4) is 0 Å². The lowest BCUT2D eigenvalue weighted by molar-refractivity contribution is -0.125. The predicted octanol–water partition coefficient (Wildman–Crippen LogP) is 3.67. The molecule has 2 aliphatic heterocycles. The molecule has 3 heterocycles. The van der Waals surface area contributed by atoms with E-state index in [2.05, 4.69) is 4.98 Å². The molecule has 2 aliphatic rings. The molecule has 1 unspecified atom stereocenters.